The zero-order valence-corrected chi connectivity index (χ0v) is 10.5. The number of ether oxygens (including phenoxy) is 1. The number of carbonyl (C=O) groups excluding carboxylic acids is 2. The molecule has 3 rings (SSSR count). The zero-order valence-electron chi connectivity index (χ0n) is 10.5. The van der Waals surface area contributed by atoms with Crippen LogP contribution >= 0.6 is 0 Å². The average Bonchev–Trinajstić information content (AvgIpc) is 2.78. The fourth-order valence-corrected chi connectivity index (χ4v) is 2.33. The second kappa shape index (κ2) is 4.12. The number of carbonyl (C=O) groups is 2. The van der Waals surface area contributed by atoms with Crippen molar-refractivity contribution < 1.29 is 29.0 Å². The van der Waals surface area contributed by atoms with Crippen molar-refractivity contribution in [2.75, 3.05) is 7.11 Å². The minimum atomic E-state index is -0.852. The Bertz CT molecular complexity index is 781. The second-order valence-corrected chi connectivity index (χ2v) is 4.35. The van der Waals surface area contributed by atoms with Gasteiger partial charge in [-0.1, -0.05) is 6.08 Å². The molecule has 0 fully saturated rings. The molecule has 1 aromatic heterocycles. The highest BCUT2D eigenvalue weighted by molar-refractivity contribution is 6.18. The number of phenolic OH excluding ortho intramolecular Hbond substituents is 2. The van der Waals surface area contributed by atoms with E-state index in [1.807, 2.05) is 0 Å². The van der Waals surface area contributed by atoms with Crippen LogP contribution in [0.3, 0.4) is 0 Å². The van der Waals surface area contributed by atoms with E-state index >= 15 is 0 Å². The second-order valence-electron chi connectivity index (χ2n) is 4.35. The third-order valence-corrected chi connectivity index (χ3v) is 3.20. The lowest BCUT2D eigenvalue weighted by molar-refractivity contribution is 0.0599. The molecule has 0 amide bonds. The summed E-state index contributed by atoms with van der Waals surface area (Å²) >= 11 is 0. The molecule has 0 bridgehead atoms. The highest BCUT2D eigenvalue weighted by Crippen LogP contribution is 2.41. The summed E-state index contributed by atoms with van der Waals surface area (Å²) in [6, 6.07) is 1.16. The zero-order chi connectivity index (χ0) is 14.4. The topological polar surface area (TPSA) is 97.0 Å². The van der Waals surface area contributed by atoms with Crippen LogP contribution in [0.15, 0.2) is 16.6 Å². The average molecular weight is 274 g/mol. The van der Waals surface area contributed by atoms with Crippen LogP contribution in [0.4, 0.5) is 0 Å². The van der Waals surface area contributed by atoms with Gasteiger partial charge >= 0.3 is 5.97 Å². The molecule has 0 aliphatic heterocycles. The van der Waals surface area contributed by atoms with E-state index < -0.39 is 17.5 Å². The molecule has 1 aliphatic carbocycles. The lowest BCUT2D eigenvalue weighted by atomic mass is 9.96. The minimum absolute atomic E-state index is 0.144. The summed E-state index contributed by atoms with van der Waals surface area (Å²) in [7, 11) is 1.14. The van der Waals surface area contributed by atoms with Gasteiger partial charge < -0.3 is 19.4 Å². The van der Waals surface area contributed by atoms with Crippen LogP contribution in [0.2, 0.25) is 0 Å². The maximum absolute atomic E-state index is 12.0. The van der Waals surface area contributed by atoms with Gasteiger partial charge in [-0.25, -0.2) is 4.79 Å². The van der Waals surface area contributed by atoms with Crippen molar-refractivity contribution in [3.8, 4) is 11.5 Å². The predicted molar refractivity (Wildman–Crippen MR) is 68.9 cm³/mol. The largest absolute Gasteiger partial charge is 0.504 e. The van der Waals surface area contributed by atoms with Crippen molar-refractivity contribution >= 4 is 28.8 Å². The van der Waals surface area contributed by atoms with Crippen LogP contribution in [0, 0.1) is 0 Å². The maximum Gasteiger partial charge on any atom is 0.342 e. The van der Waals surface area contributed by atoms with E-state index in [1.165, 1.54) is 0 Å². The van der Waals surface area contributed by atoms with Gasteiger partial charge in [-0.05, 0) is 6.08 Å². The number of aromatic hydroxyl groups is 2. The normalized spacial score (nSPS) is 13.6. The number of hydrogen-bond acceptors (Lipinski definition) is 6. The Balaban J connectivity index is 2.49. The fourth-order valence-electron chi connectivity index (χ4n) is 2.33. The molecule has 0 atom stereocenters. The standard InChI is InChI=1S/C14H10O6/c1-19-14(18)12-11-9(5-7(16)13(12)17)20-8-4-2-3-6(15)10(8)11/h2,4-5,16-17H,3H2,1H3. The quantitative estimate of drug-likeness (QED) is 0.611. The summed E-state index contributed by atoms with van der Waals surface area (Å²) in [6.07, 6.45) is 3.44. The molecule has 0 radical (unpaired) electrons. The SMILES string of the molecule is COC(=O)c1c(O)c(O)cc2oc3c(c12)C(=O)CC=C3. The predicted octanol–water partition coefficient (Wildman–Crippen LogP) is 2.23. The molecule has 1 aromatic carbocycles. The van der Waals surface area contributed by atoms with Gasteiger partial charge in [0.25, 0.3) is 0 Å². The van der Waals surface area contributed by atoms with Gasteiger partial charge in [-0.3, -0.25) is 4.79 Å². The first kappa shape index (κ1) is 12.3. The highest BCUT2D eigenvalue weighted by atomic mass is 16.5. The van der Waals surface area contributed by atoms with Crippen LogP contribution in [0.5, 0.6) is 11.5 Å². The van der Waals surface area contributed by atoms with E-state index in [4.69, 9.17) is 4.42 Å². The highest BCUT2D eigenvalue weighted by Gasteiger charge is 2.29. The first-order valence-electron chi connectivity index (χ1n) is 5.84. The van der Waals surface area contributed by atoms with Crippen LogP contribution < -0.4 is 0 Å². The summed E-state index contributed by atoms with van der Waals surface area (Å²) in [5.41, 5.74) is 0.0972. The molecule has 20 heavy (non-hydrogen) atoms. The summed E-state index contributed by atoms with van der Waals surface area (Å²) < 4.78 is 10.0. The molecular formula is C14H10O6. The smallest absolute Gasteiger partial charge is 0.342 e. The Labute approximate surface area is 112 Å². The van der Waals surface area contributed by atoms with E-state index in [-0.39, 0.29) is 34.3 Å². The van der Waals surface area contributed by atoms with Gasteiger partial charge in [-0.15, -0.1) is 0 Å². The third kappa shape index (κ3) is 1.51. The number of furan rings is 1. The Kier molecular flexibility index (Phi) is 2.53. The van der Waals surface area contributed by atoms with Gasteiger partial charge in [0.15, 0.2) is 17.3 Å². The van der Waals surface area contributed by atoms with E-state index in [0.717, 1.165) is 13.2 Å². The van der Waals surface area contributed by atoms with Crippen molar-refractivity contribution in [2.45, 2.75) is 6.42 Å². The number of hydrogen-bond donors (Lipinski definition) is 2. The van der Waals surface area contributed by atoms with E-state index in [2.05, 4.69) is 4.74 Å². The van der Waals surface area contributed by atoms with Crippen molar-refractivity contribution in [1.82, 2.24) is 0 Å². The molecule has 0 saturated carbocycles. The van der Waals surface area contributed by atoms with E-state index in [0.29, 0.717) is 5.76 Å². The molecule has 2 N–H and O–H groups in total. The number of methoxy groups -OCH3 is 1. The molecule has 102 valence electrons. The molecule has 6 heteroatoms. The molecule has 0 unspecified atom stereocenters. The van der Waals surface area contributed by atoms with Crippen LogP contribution in [0.1, 0.15) is 32.9 Å². The van der Waals surface area contributed by atoms with Gasteiger partial charge in [-0.2, -0.15) is 0 Å². The van der Waals surface area contributed by atoms with Crippen molar-refractivity contribution in [3.05, 3.63) is 29.0 Å². The number of phenols is 2. The fraction of sp³-hybridized carbons (Fsp3) is 0.143. The number of esters is 1. The number of rotatable bonds is 1. The van der Waals surface area contributed by atoms with Crippen LogP contribution in [0.25, 0.3) is 17.0 Å². The van der Waals surface area contributed by atoms with Crippen LogP contribution in [-0.4, -0.2) is 29.1 Å². The van der Waals surface area contributed by atoms with Gasteiger partial charge in [0, 0.05) is 12.5 Å². The van der Waals surface area contributed by atoms with Crippen molar-refractivity contribution in [2.24, 2.45) is 0 Å². The van der Waals surface area contributed by atoms with E-state index in [1.54, 1.807) is 12.2 Å². The summed E-state index contributed by atoms with van der Waals surface area (Å²) in [5.74, 6) is -1.92. The maximum atomic E-state index is 12.0. The van der Waals surface area contributed by atoms with E-state index in [9.17, 15) is 19.8 Å². The number of ketones is 1. The molecule has 0 spiro atoms. The third-order valence-electron chi connectivity index (χ3n) is 3.20. The number of benzene rings is 1. The number of allylic oxidation sites excluding steroid dienone is 1. The molecular weight excluding hydrogens is 264 g/mol. The first-order valence-corrected chi connectivity index (χ1v) is 5.84. The number of fused-ring (bicyclic) bond motifs is 3. The summed E-state index contributed by atoms with van der Waals surface area (Å²) in [4.78, 5) is 23.8. The number of Topliss-reactive ketones (excluding diaryl/α,β-unsaturated/α-hetero) is 1. The van der Waals surface area contributed by atoms with Gasteiger partial charge in [0.1, 0.15) is 16.9 Å². The van der Waals surface area contributed by atoms with Crippen molar-refractivity contribution in [1.29, 1.82) is 0 Å². The molecule has 1 heterocycles. The lowest BCUT2D eigenvalue weighted by Crippen LogP contribution is -2.07. The van der Waals surface area contributed by atoms with Crippen molar-refractivity contribution in [3.63, 3.8) is 0 Å². The lowest BCUT2D eigenvalue weighted by Gasteiger charge is -2.08. The summed E-state index contributed by atoms with van der Waals surface area (Å²) in [6.45, 7) is 0. The Morgan fingerprint density at radius 3 is 2.85 bits per heavy atom. The Morgan fingerprint density at radius 2 is 2.15 bits per heavy atom. The molecule has 1 aliphatic rings. The Hall–Kier alpha value is -2.76. The first-order chi connectivity index (χ1) is 9.54. The molecule has 2 aromatic rings. The summed E-state index contributed by atoms with van der Waals surface area (Å²) in [5, 5.41) is 19.7. The van der Waals surface area contributed by atoms with Gasteiger partial charge in [0.2, 0.25) is 0 Å². The minimum Gasteiger partial charge on any atom is -0.504 e. The molecule has 0 saturated heterocycles. The van der Waals surface area contributed by atoms with Crippen LogP contribution in [-0.2, 0) is 4.74 Å². The molecule has 6 nitrogen and oxygen atoms in total. The Morgan fingerprint density at radius 1 is 1.40 bits per heavy atom. The van der Waals surface area contributed by atoms with Gasteiger partial charge in [0.05, 0.1) is 18.1 Å². The monoisotopic (exact) mass is 274 g/mol.